The maximum Gasteiger partial charge on any atom is 0.348 e. The minimum absolute atomic E-state index is 0.232. The van der Waals surface area contributed by atoms with Gasteiger partial charge in [-0.05, 0) is 37.1 Å². The van der Waals surface area contributed by atoms with E-state index >= 15 is 0 Å². The zero-order valence-corrected chi connectivity index (χ0v) is 16.5. The molecule has 3 heterocycles. The highest BCUT2D eigenvalue weighted by Gasteiger charge is 2.27. The number of amides is 2. The van der Waals surface area contributed by atoms with Crippen LogP contribution in [0.1, 0.15) is 33.8 Å². The first-order valence-corrected chi connectivity index (χ1v) is 9.96. The minimum atomic E-state index is -0.612. The van der Waals surface area contributed by atoms with Crippen molar-refractivity contribution >= 4 is 39.3 Å². The van der Waals surface area contributed by atoms with Crippen molar-refractivity contribution in [2.45, 2.75) is 26.3 Å². The van der Waals surface area contributed by atoms with Crippen LogP contribution < -0.4 is 0 Å². The van der Waals surface area contributed by atoms with E-state index in [2.05, 4.69) is 5.10 Å². The van der Waals surface area contributed by atoms with E-state index in [0.29, 0.717) is 30.8 Å². The predicted octanol–water partition coefficient (Wildman–Crippen LogP) is 2.90. The first-order chi connectivity index (χ1) is 13.9. The average molecular weight is 415 g/mol. The monoisotopic (exact) mass is 415 g/mol. The normalized spacial score (nSPS) is 14.0. The van der Waals surface area contributed by atoms with Crippen LogP contribution in [0.3, 0.4) is 0 Å². The summed E-state index contributed by atoms with van der Waals surface area (Å²) in [5, 5.41) is 5.31. The summed E-state index contributed by atoms with van der Waals surface area (Å²) >= 11 is 1.22. The lowest BCUT2D eigenvalue weighted by atomic mass is 10.2. The van der Waals surface area contributed by atoms with Gasteiger partial charge in [-0.1, -0.05) is 12.1 Å². The molecule has 0 spiro atoms. The molecular formula is C20H18FN3O4S. The van der Waals surface area contributed by atoms with Crippen LogP contribution in [0.25, 0.3) is 10.2 Å². The molecule has 9 heteroatoms. The van der Waals surface area contributed by atoms with Crippen LogP contribution in [-0.4, -0.2) is 45.6 Å². The molecule has 1 saturated heterocycles. The van der Waals surface area contributed by atoms with Gasteiger partial charge in [0.1, 0.15) is 15.5 Å². The lowest BCUT2D eigenvalue weighted by Gasteiger charge is -2.12. The molecule has 1 fully saturated rings. The number of esters is 1. The van der Waals surface area contributed by atoms with Gasteiger partial charge in [-0.25, -0.2) is 9.18 Å². The summed E-state index contributed by atoms with van der Waals surface area (Å²) in [6.07, 6.45) is 0.985. The topological polar surface area (TPSA) is 81.5 Å². The second-order valence-corrected chi connectivity index (χ2v) is 7.85. The summed E-state index contributed by atoms with van der Waals surface area (Å²) in [7, 11) is 0. The van der Waals surface area contributed by atoms with Gasteiger partial charge in [-0.2, -0.15) is 5.10 Å². The van der Waals surface area contributed by atoms with Gasteiger partial charge in [0, 0.05) is 18.4 Å². The second-order valence-electron chi connectivity index (χ2n) is 6.82. The van der Waals surface area contributed by atoms with Gasteiger partial charge in [-0.15, -0.1) is 11.3 Å². The van der Waals surface area contributed by atoms with Crippen molar-refractivity contribution in [3.63, 3.8) is 0 Å². The zero-order chi connectivity index (χ0) is 20.5. The molecule has 1 aliphatic rings. The van der Waals surface area contributed by atoms with Gasteiger partial charge in [0.15, 0.2) is 6.61 Å². The van der Waals surface area contributed by atoms with Crippen molar-refractivity contribution in [2.75, 3.05) is 13.2 Å². The largest absolute Gasteiger partial charge is 0.451 e. The summed E-state index contributed by atoms with van der Waals surface area (Å²) in [4.78, 5) is 38.3. The molecule has 0 unspecified atom stereocenters. The summed E-state index contributed by atoms with van der Waals surface area (Å²) in [6.45, 7) is 2.19. The maximum atomic E-state index is 13.1. The molecule has 1 aromatic carbocycles. The molecule has 0 aliphatic carbocycles. The number of ether oxygens (including phenoxy) is 1. The third kappa shape index (κ3) is 3.91. The van der Waals surface area contributed by atoms with Gasteiger partial charge >= 0.3 is 5.97 Å². The van der Waals surface area contributed by atoms with E-state index in [1.165, 1.54) is 23.5 Å². The fourth-order valence-corrected chi connectivity index (χ4v) is 4.33. The van der Waals surface area contributed by atoms with Crippen LogP contribution in [0.15, 0.2) is 30.3 Å². The molecule has 2 aromatic heterocycles. The number of halogens is 1. The number of carbonyl (C=O) groups excluding carboxylic acids is 3. The number of nitrogens with zero attached hydrogens (tertiary/aromatic N) is 3. The Morgan fingerprint density at radius 1 is 1.28 bits per heavy atom. The highest BCUT2D eigenvalue weighted by atomic mass is 32.1. The van der Waals surface area contributed by atoms with Crippen LogP contribution in [0, 0.1) is 12.7 Å². The predicted molar refractivity (Wildman–Crippen MR) is 104 cm³/mol. The number of hydrogen-bond donors (Lipinski definition) is 0. The Balaban J connectivity index is 1.48. The van der Waals surface area contributed by atoms with E-state index < -0.39 is 18.5 Å². The average Bonchev–Trinajstić information content (AvgIpc) is 3.39. The van der Waals surface area contributed by atoms with Crippen molar-refractivity contribution < 1.29 is 23.5 Å². The summed E-state index contributed by atoms with van der Waals surface area (Å²) in [5.41, 5.74) is 1.64. The van der Waals surface area contributed by atoms with Crippen molar-refractivity contribution in [2.24, 2.45) is 0 Å². The maximum absolute atomic E-state index is 13.1. The number of fused-ring (bicyclic) bond motifs is 1. The van der Waals surface area contributed by atoms with E-state index in [1.54, 1.807) is 22.9 Å². The SMILES string of the molecule is Cc1nn(Cc2ccc(F)cc2)c2sc(C(=O)OCC(=O)N3CCCC3=O)cc12. The second kappa shape index (κ2) is 7.75. The molecular weight excluding hydrogens is 397 g/mol. The quantitative estimate of drug-likeness (QED) is 0.599. The number of carbonyl (C=O) groups is 3. The lowest BCUT2D eigenvalue weighted by Crippen LogP contribution is -2.35. The summed E-state index contributed by atoms with van der Waals surface area (Å²) < 4.78 is 20.0. The van der Waals surface area contributed by atoms with Gasteiger partial charge < -0.3 is 4.74 Å². The highest BCUT2D eigenvalue weighted by Crippen LogP contribution is 2.29. The van der Waals surface area contributed by atoms with Crippen molar-refractivity contribution in [3.8, 4) is 0 Å². The Bertz CT molecular complexity index is 1100. The third-order valence-electron chi connectivity index (χ3n) is 4.76. The van der Waals surface area contributed by atoms with E-state index in [4.69, 9.17) is 4.74 Å². The summed E-state index contributed by atoms with van der Waals surface area (Å²) in [5.74, 6) is -1.65. The fourth-order valence-electron chi connectivity index (χ4n) is 3.27. The number of imide groups is 1. The van der Waals surface area contributed by atoms with Crippen molar-refractivity contribution in [1.29, 1.82) is 0 Å². The molecule has 0 N–H and O–H groups in total. The van der Waals surface area contributed by atoms with Gasteiger partial charge in [0.25, 0.3) is 5.91 Å². The Morgan fingerprint density at radius 3 is 2.72 bits per heavy atom. The van der Waals surface area contributed by atoms with Gasteiger partial charge in [-0.3, -0.25) is 19.2 Å². The smallest absolute Gasteiger partial charge is 0.348 e. The number of likely N-dealkylation sites (tertiary alicyclic amines) is 1. The molecule has 4 rings (SSSR count). The molecule has 0 bridgehead atoms. The van der Waals surface area contributed by atoms with Crippen LogP contribution in [0.2, 0.25) is 0 Å². The number of benzene rings is 1. The van der Waals surface area contributed by atoms with Gasteiger partial charge in [0.05, 0.1) is 12.2 Å². The molecule has 7 nitrogen and oxygen atoms in total. The first-order valence-electron chi connectivity index (χ1n) is 9.14. The zero-order valence-electron chi connectivity index (χ0n) is 15.7. The number of aryl methyl sites for hydroxylation is 1. The number of aromatic nitrogens is 2. The minimum Gasteiger partial charge on any atom is -0.451 e. The molecule has 0 atom stereocenters. The van der Waals surface area contributed by atoms with Crippen LogP contribution >= 0.6 is 11.3 Å². The van der Waals surface area contributed by atoms with Crippen LogP contribution in [0.5, 0.6) is 0 Å². The standard InChI is InChI=1S/C20H18FN3O4S/c1-12-15-9-16(20(27)28-11-18(26)23-8-2-3-17(23)25)29-19(15)24(22-12)10-13-4-6-14(21)7-5-13/h4-7,9H,2-3,8,10-11H2,1H3. The number of hydrogen-bond acceptors (Lipinski definition) is 6. The van der Waals surface area contributed by atoms with E-state index in [0.717, 1.165) is 26.4 Å². The van der Waals surface area contributed by atoms with Crippen LogP contribution in [0.4, 0.5) is 4.39 Å². The number of rotatable bonds is 5. The Kier molecular flexibility index (Phi) is 5.14. The molecule has 0 saturated carbocycles. The lowest BCUT2D eigenvalue weighted by molar-refractivity contribution is -0.143. The molecule has 29 heavy (non-hydrogen) atoms. The first kappa shape index (κ1) is 19.3. The Hall–Kier alpha value is -3.07. The van der Waals surface area contributed by atoms with E-state index in [-0.39, 0.29) is 11.7 Å². The van der Waals surface area contributed by atoms with E-state index in [9.17, 15) is 18.8 Å². The molecule has 0 radical (unpaired) electrons. The Labute approximate surface area is 169 Å². The Morgan fingerprint density at radius 2 is 2.03 bits per heavy atom. The van der Waals surface area contributed by atoms with E-state index in [1.807, 2.05) is 6.92 Å². The molecule has 150 valence electrons. The molecule has 3 aromatic rings. The van der Waals surface area contributed by atoms with Crippen molar-refractivity contribution in [1.82, 2.24) is 14.7 Å². The van der Waals surface area contributed by atoms with Gasteiger partial charge in [0.2, 0.25) is 5.91 Å². The molecule has 1 aliphatic heterocycles. The molecule has 2 amide bonds. The summed E-state index contributed by atoms with van der Waals surface area (Å²) in [6, 6.07) is 7.85. The van der Waals surface area contributed by atoms with Crippen molar-refractivity contribution in [3.05, 3.63) is 52.3 Å². The highest BCUT2D eigenvalue weighted by molar-refractivity contribution is 7.20. The fraction of sp³-hybridized carbons (Fsp3) is 0.300. The number of thiophene rings is 1. The van der Waals surface area contributed by atoms with Crippen LogP contribution in [-0.2, 0) is 20.9 Å². The third-order valence-corrected chi connectivity index (χ3v) is 5.88.